The molecule has 0 saturated carbocycles. The Hall–Kier alpha value is -2.22. The van der Waals surface area contributed by atoms with Gasteiger partial charge in [-0.3, -0.25) is 4.57 Å². The Labute approximate surface area is 118 Å². The Kier molecular flexibility index (Phi) is 4.83. The molecule has 2 rings (SSSR count). The van der Waals surface area contributed by atoms with Crippen LogP contribution in [-0.4, -0.2) is 55.6 Å². The average Bonchev–Trinajstić information content (AvgIpc) is 2.97. The van der Waals surface area contributed by atoms with Crippen molar-refractivity contribution in [3.05, 3.63) is 18.7 Å². The van der Waals surface area contributed by atoms with Crippen LogP contribution in [0.1, 0.15) is 13.8 Å². The molecule has 0 aliphatic carbocycles. The van der Waals surface area contributed by atoms with Gasteiger partial charge in [-0.1, -0.05) is 13.8 Å². The molecule has 0 saturated heterocycles. The molecule has 0 aromatic carbocycles. The van der Waals surface area contributed by atoms with E-state index in [2.05, 4.69) is 44.0 Å². The average molecular weight is 276 g/mol. The van der Waals surface area contributed by atoms with Crippen LogP contribution in [-0.2, 0) is 0 Å². The highest BCUT2D eigenvalue weighted by atomic mass is 15.3. The third kappa shape index (κ3) is 3.64. The molecule has 20 heavy (non-hydrogen) atoms. The standard InChI is InChI=1S/C12H20N8/c1-3-19(4-2)7-6-15-11-16-10(13)17-12(18-11)20-8-5-14-9-20/h5,8-9H,3-4,6-7H2,1-2H3,(H3,13,15,16,17,18). The second-order valence-corrected chi connectivity index (χ2v) is 4.24. The molecule has 0 aliphatic rings. The summed E-state index contributed by atoms with van der Waals surface area (Å²) in [6.07, 6.45) is 5.04. The Bertz CT molecular complexity index is 520. The zero-order chi connectivity index (χ0) is 14.4. The summed E-state index contributed by atoms with van der Waals surface area (Å²) in [5, 5.41) is 3.17. The van der Waals surface area contributed by atoms with Crippen molar-refractivity contribution in [3.63, 3.8) is 0 Å². The molecular formula is C12H20N8. The summed E-state index contributed by atoms with van der Waals surface area (Å²) in [5.41, 5.74) is 5.70. The van der Waals surface area contributed by atoms with Crippen LogP contribution in [0.25, 0.3) is 5.95 Å². The number of hydrogen-bond donors (Lipinski definition) is 2. The van der Waals surface area contributed by atoms with Crippen molar-refractivity contribution >= 4 is 11.9 Å². The van der Waals surface area contributed by atoms with Crippen molar-refractivity contribution in [2.24, 2.45) is 0 Å². The van der Waals surface area contributed by atoms with Gasteiger partial charge in [0.15, 0.2) is 0 Å². The molecule has 0 aliphatic heterocycles. The summed E-state index contributed by atoms with van der Waals surface area (Å²) in [6.45, 7) is 8.02. The number of rotatable bonds is 7. The molecule has 0 spiro atoms. The minimum absolute atomic E-state index is 0.189. The molecule has 108 valence electrons. The van der Waals surface area contributed by atoms with E-state index in [0.29, 0.717) is 11.9 Å². The second-order valence-electron chi connectivity index (χ2n) is 4.24. The summed E-state index contributed by atoms with van der Waals surface area (Å²) in [7, 11) is 0. The summed E-state index contributed by atoms with van der Waals surface area (Å²) in [5.74, 6) is 1.13. The maximum atomic E-state index is 5.70. The van der Waals surface area contributed by atoms with Crippen molar-refractivity contribution in [2.75, 3.05) is 37.2 Å². The van der Waals surface area contributed by atoms with Crippen molar-refractivity contribution in [3.8, 4) is 5.95 Å². The number of nitrogens with zero attached hydrogens (tertiary/aromatic N) is 6. The number of nitrogens with one attached hydrogen (secondary N) is 1. The molecule has 2 aromatic heterocycles. The normalized spacial score (nSPS) is 10.9. The maximum Gasteiger partial charge on any atom is 0.241 e. The van der Waals surface area contributed by atoms with Crippen LogP contribution < -0.4 is 11.1 Å². The largest absolute Gasteiger partial charge is 0.368 e. The first-order valence-electron chi connectivity index (χ1n) is 6.69. The third-order valence-corrected chi connectivity index (χ3v) is 2.98. The van der Waals surface area contributed by atoms with Gasteiger partial charge in [-0.2, -0.15) is 15.0 Å². The van der Waals surface area contributed by atoms with Crippen molar-refractivity contribution in [2.45, 2.75) is 13.8 Å². The van der Waals surface area contributed by atoms with Gasteiger partial charge in [-0.05, 0) is 13.1 Å². The lowest BCUT2D eigenvalue weighted by atomic mass is 10.4. The molecule has 0 bridgehead atoms. The van der Waals surface area contributed by atoms with Gasteiger partial charge in [0.2, 0.25) is 17.8 Å². The molecule has 8 nitrogen and oxygen atoms in total. The molecule has 3 N–H and O–H groups in total. The smallest absolute Gasteiger partial charge is 0.241 e. The molecule has 0 radical (unpaired) electrons. The molecule has 2 heterocycles. The lowest BCUT2D eigenvalue weighted by Crippen LogP contribution is -2.29. The first kappa shape index (κ1) is 14.2. The van der Waals surface area contributed by atoms with Crippen LogP contribution in [0.15, 0.2) is 18.7 Å². The Morgan fingerprint density at radius 3 is 2.70 bits per heavy atom. The minimum atomic E-state index is 0.189. The van der Waals surface area contributed by atoms with Crippen LogP contribution in [0.2, 0.25) is 0 Å². The van der Waals surface area contributed by atoms with E-state index in [4.69, 9.17) is 5.73 Å². The minimum Gasteiger partial charge on any atom is -0.368 e. The number of nitrogens with two attached hydrogens (primary N) is 1. The van der Waals surface area contributed by atoms with Crippen molar-refractivity contribution in [1.82, 2.24) is 29.4 Å². The number of aromatic nitrogens is 5. The highest BCUT2D eigenvalue weighted by molar-refractivity contribution is 5.35. The number of anilines is 2. The Morgan fingerprint density at radius 1 is 1.25 bits per heavy atom. The van der Waals surface area contributed by atoms with E-state index in [0.717, 1.165) is 26.2 Å². The lowest BCUT2D eigenvalue weighted by molar-refractivity contribution is 0.316. The Balaban J connectivity index is 2.02. The second kappa shape index (κ2) is 6.80. The van der Waals surface area contributed by atoms with E-state index in [1.54, 1.807) is 23.3 Å². The molecular weight excluding hydrogens is 256 g/mol. The third-order valence-electron chi connectivity index (χ3n) is 2.98. The van der Waals surface area contributed by atoms with E-state index in [9.17, 15) is 0 Å². The van der Waals surface area contributed by atoms with Gasteiger partial charge >= 0.3 is 0 Å². The van der Waals surface area contributed by atoms with Crippen LogP contribution in [0.3, 0.4) is 0 Å². The zero-order valence-electron chi connectivity index (χ0n) is 11.8. The van der Waals surface area contributed by atoms with Crippen LogP contribution >= 0.6 is 0 Å². The highest BCUT2D eigenvalue weighted by Gasteiger charge is 2.06. The predicted octanol–water partition coefficient (Wildman–Crippen LogP) is 0.393. The summed E-state index contributed by atoms with van der Waals surface area (Å²) >= 11 is 0. The van der Waals surface area contributed by atoms with Gasteiger partial charge in [0, 0.05) is 25.5 Å². The molecule has 0 atom stereocenters. The molecule has 0 unspecified atom stereocenters. The van der Waals surface area contributed by atoms with E-state index >= 15 is 0 Å². The number of hydrogen-bond acceptors (Lipinski definition) is 7. The fraction of sp³-hybridized carbons (Fsp3) is 0.500. The van der Waals surface area contributed by atoms with Crippen molar-refractivity contribution < 1.29 is 0 Å². The van der Waals surface area contributed by atoms with Crippen LogP contribution in [0.4, 0.5) is 11.9 Å². The van der Waals surface area contributed by atoms with Crippen LogP contribution in [0.5, 0.6) is 0 Å². The summed E-state index contributed by atoms with van der Waals surface area (Å²) < 4.78 is 1.69. The maximum absolute atomic E-state index is 5.70. The van der Waals surface area contributed by atoms with Crippen LogP contribution in [0, 0.1) is 0 Å². The molecule has 2 aromatic rings. The van der Waals surface area contributed by atoms with Gasteiger partial charge < -0.3 is 16.0 Å². The fourth-order valence-corrected chi connectivity index (χ4v) is 1.82. The molecule has 0 fully saturated rings. The van der Waals surface area contributed by atoms with Gasteiger partial charge in [-0.25, -0.2) is 4.98 Å². The van der Waals surface area contributed by atoms with Gasteiger partial charge in [0.25, 0.3) is 0 Å². The first-order valence-corrected chi connectivity index (χ1v) is 6.69. The van der Waals surface area contributed by atoms with Crippen molar-refractivity contribution in [1.29, 1.82) is 0 Å². The number of likely N-dealkylation sites (N-methyl/N-ethyl adjacent to an activating group) is 1. The predicted molar refractivity (Wildman–Crippen MR) is 77.6 cm³/mol. The van der Waals surface area contributed by atoms with Gasteiger partial charge in [0.1, 0.15) is 6.33 Å². The van der Waals surface area contributed by atoms with E-state index in [1.807, 2.05) is 0 Å². The van der Waals surface area contributed by atoms with E-state index < -0.39 is 0 Å². The summed E-state index contributed by atoms with van der Waals surface area (Å²) in [4.78, 5) is 18.8. The lowest BCUT2D eigenvalue weighted by Gasteiger charge is -2.18. The molecule has 8 heteroatoms. The zero-order valence-corrected chi connectivity index (χ0v) is 11.8. The van der Waals surface area contributed by atoms with E-state index in [-0.39, 0.29) is 5.95 Å². The Morgan fingerprint density at radius 2 is 2.05 bits per heavy atom. The SMILES string of the molecule is CCN(CC)CCNc1nc(N)nc(-n2ccnc2)n1. The highest BCUT2D eigenvalue weighted by Crippen LogP contribution is 2.06. The number of nitrogen functional groups attached to an aromatic ring is 1. The first-order chi connectivity index (χ1) is 9.72. The summed E-state index contributed by atoms with van der Waals surface area (Å²) in [6, 6.07) is 0. The quantitative estimate of drug-likeness (QED) is 0.755. The van der Waals surface area contributed by atoms with E-state index in [1.165, 1.54) is 0 Å². The van der Waals surface area contributed by atoms with Gasteiger partial charge in [0.05, 0.1) is 0 Å². The molecule has 0 amide bonds. The topological polar surface area (TPSA) is 97.8 Å². The number of imidazole rings is 1. The van der Waals surface area contributed by atoms with Gasteiger partial charge in [-0.15, -0.1) is 0 Å². The monoisotopic (exact) mass is 276 g/mol. The fourth-order valence-electron chi connectivity index (χ4n) is 1.82.